The number of hydrogen-bond acceptors (Lipinski definition) is 4. The maximum atomic E-state index is 12.9. The van der Waals surface area contributed by atoms with E-state index in [0.29, 0.717) is 29.9 Å². The van der Waals surface area contributed by atoms with E-state index in [1.54, 1.807) is 0 Å². The summed E-state index contributed by atoms with van der Waals surface area (Å²) in [5, 5.41) is 2.41. The van der Waals surface area contributed by atoms with E-state index >= 15 is 0 Å². The number of alkyl halides is 3. The van der Waals surface area contributed by atoms with Gasteiger partial charge in [0.15, 0.2) is 0 Å². The van der Waals surface area contributed by atoms with E-state index < -0.39 is 39.8 Å². The zero-order chi connectivity index (χ0) is 22.8. The molecule has 1 saturated heterocycles. The Balaban J connectivity index is 1.81. The molecule has 168 valence electrons. The van der Waals surface area contributed by atoms with Crippen LogP contribution in [0, 0.1) is 0 Å². The van der Waals surface area contributed by atoms with Crippen LogP contribution in [0.4, 0.5) is 18.9 Å². The molecule has 1 N–H and O–H groups in total. The van der Waals surface area contributed by atoms with Crippen molar-refractivity contribution in [2.24, 2.45) is 0 Å². The van der Waals surface area contributed by atoms with Crippen LogP contribution in [0.15, 0.2) is 46.2 Å². The first-order valence-electron chi connectivity index (χ1n) is 9.36. The molecule has 12 heteroatoms. The first kappa shape index (κ1) is 23.3. The summed E-state index contributed by atoms with van der Waals surface area (Å²) >= 11 is 6.06. The Morgan fingerprint density at radius 2 is 1.77 bits per heavy atom. The number of anilines is 1. The third kappa shape index (κ3) is 5.46. The molecule has 3 rings (SSSR count). The molecule has 1 aromatic heterocycles. The summed E-state index contributed by atoms with van der Waals surface area (Å²) < 4.78 is 66.2. The molecule has 1 amide bonds. The Hall–Kier alpha value is -2.37. The van der Waals surface area contributed by atoms with E-state index in [4.69, 9.17) is 11.6 Å². The Morgan fingerprint density at radius 1 is 1.10 bits per heavy atom. The Kier molecular flexibility index (Phi) is 6.77. The van der Waals surface area contributed by atoms with Crippen molar-refractivity contribution < 1.29 is 26.4 Å². The van der Waals surface area contributed by atoms with Gasteiger partial charge in [0.05, 0.1) is 21.2 Å². The van der Waals surface area contributed by atoms with Crippen molar-refractivity contribution in [1.82, 2.24) is 8.87 Å². The maximum absolute atomic E-state index is 12.9. The average Bonchev–Trinajstić information content (AvgIpc) is 2.71. The van der Waals surface area contributed by atoms with Gasteiger partial charge in [-0.3, -0.25) is 9.59 Å². The highest BCUT2D eigenvalue weighted by Crippen LogP contribution is 2.29. The third-order valence-electron chi connectivity index (χ3n) is 4.79. The fourth-order valence-corrected chi connectivity index (χ4v) is 4.89. The van der Waals surface area contributed by atoms with E-state index in [1.165, 1.54) is 22.5 Å². The first-order valence-corrected chi connectivity index (χ1v) is 11.2. The molecule has 2 aromatic rings. The summed E-state index contributed by atoms with van der Waals surface area (Å²) in [5.41, 5.74) is -1.90. The summed E-state index contributed by atoms with van der Waals surface area (Å²) in [5.74, 6) is -0.837. The van der Waals surface area contributed by atoms with Crippen molar-refractivity contribution in [3.05, 3.63) is 57.5 Å². The molecule has 7 nitrogen and oxygen atoms in total. The summed E-state index contributed by atoms with van der Waals surface area (Å²) in [6.45, 7) is 0.0818. The lowest BCUT2D eigenvalue weighted by atomic mass is 10.2. The molecular formula is C19H19ClF3N3O4S. The van der Waals surface area contributed by atoms with E-state index in [-0.39, 0.29) is 15.6 Å². The van der Waals surface area contributed by atoms with Gasteiger partial charge in [0.25, 0.3) is 5.56 Å². The van der Waals surface area contributed by atoms with Gasteiger partial charge in [-0.25, -0.2) is 8.42 Å². The molecular weight excluding hydrogens is 459 g/mol. The number of amides is 1. The highest BCUT2D eigenvalue weighted by molar-refractivity contribution is 7.89. The third-order valence-corrected chi connectivity index (χ3v) is 7.01. The van der Waals surface area contributed by atoms with Gasteiger partial charge in [-0.15, -0.1) is 0 Å². The van der Waals surface area contributed by atoms with Crippen LogP contribution < -0.4 is 10.9 Å². The molecule has 0 spiro atoms. The van der Waals surface area contributed by atoms with Crippen molar-refractivity contribution in [2.75, 3.05) is 18.4 Å². The van der Waals surface area contributed by atoms with Gasteiger partial charge in [-0.05, 0) is 37.1 Å². The van der Waals surface area contributed by atoms with E-state index in [2.05, 4.69) is 5.32 Å². The molecule has 0 atom stereocenters. The molecule has 0 bridgehead atoms. The summed E-state index contributed by atoms with van der Waals surface area (Å²) in [4.78, 5) is 24.1. The predicted octanol–water partition coefficient (Wildman–Crippen LogP) is 3.33. The summed E-state index contributed by atoms with van der Waals surface area (Å²) in [7, 11) is -3.78. The number of hydrogen-bond donors (Lipinski definition) is 1. The number of benzene rings is 1. The molecule has 31 heavy (non-hydrogen) atoms. The molecule has 0 radical (unpaired) electrons. The number of aromatic nitrogens is 1. The number of pyridine rings is 1. The monoisotopic (exact) mass is 477 g/mol. The minimum Gasteiger partial charge on any atom is -0.323 e. The van der Waals surface area contributed by atoms with Gasteiger partial charge in [0, 0.05) is 25.4 Å². The molecule has 1 aliphatic rings. The Labute approximate surface area is 181 Å². The number of nitrogens with one attached hydrogen (secondary N) is 1. The van der Waals surface area contributed by atoms with Crippen LogP contribution in [0.5, 0.6) is 0 Å². The lowest BCUT2D eigenvalue weighted by Crippen LogP contribution is -2.35. The fraction of sp³-hybridized carbons (Fsp3) is 0.368. The number of rotatable bonds is 5. The topological polar surface area (TPSA) is 88.5 Å². The van der Waals surface area contributed by atoms with Gasteiger partial charge in [-0.2, -0.15) is 17.5 Å². The van der Waals surface area contributed by atoms with Crippen molar-refractivity contribution in [3.63, 3.8) is 0 Å². The lowest BCUT2D eigenvalue weighted by molar-refractivity contribution is -0.138. The molecule has 0 saturated carbocycles. The second kappa shape index (κ2) is 9.01. The fourth-order valence-electron chi connectivity index (χ4n) is 3.18. The SMILES string of the molecule is O=C(Cn1cc(C(F)(F)F)ccc1=O)Nc1cc(S(=O)(=O)N2CCCCC2)ccc1Cl. The van der Waals surface area contributed by atoms with Crippen LogP contribution in [0.3, 0.4) is 0 Å². The highest BCUT2D eigenvalue weighted by Gasteiger charge is 2.31. The van der Waals surface area contributed by atoms with Crippen LogP contribution >= 0.6 is 11.6 Å². The van der Waals surface area contributed by atoms with Crippen LogP contribution in [0.2, 0.25) is 5.02 Å². The normalized spacial score (nSPS) is 15.6. The van der Waals surface area contributed by atoms with Crippen LogP contribution in [0.1, 0.15) is 24.8 Å². The number of carbonyl (C=O) groups is 1. The predicted molar refractivity (Wildman–Crippen MR) is 108 cm³/mol. The Morgan fingerprint density at radius 3 is 2.42 bits per heavy atom. The largest absolute Gasteiger partial charge is 0.417 e. The quantitative estimate of drug-likeness (QED) is 0.715. The maximum Gasteiger partial charge on any atom is 0.417 e. The van der Waals surface area contributed by atoms with Crippen molar-refractivity contribution in [2.45, 2.75) is 36.9 Å². The van der Waals surface area contributed by atoms with E-state index in [9.17, 15) is 31.2 Å². The summed E-state index contributed by atoms with van der Waals surface area (Å²) in [6.07, 6.45) is -1.68. The van der Waals surface area contributed by atoms with Gasteiger partial charge >= 0.3 is 6.18 Å². The zero-order valence-electron chi connectivity index (χ0n) is 16.2. The van der Waals surface area contributed by atoms with Gasteiger partial charge in [0.1, 0.15) is 6.54 Å². The number of piperidine rings is 1. The van der Waals surface area contributed by atoms with Gasteiger partial charge in [0.2, 0.25) is 15.9 Å². The van der Waals surface area contributed by atoms with Gasteiger partial charge < -0.3 is 9.88 Å². The van der Waals surface area contributed by atoms with Crippen LogP contribution in [-0.2, 0) is 27.5 Å². The number of halogens is 4. The summed E-state index contributed by atoms with van der Waals surface area (Å²) in [6, 6.07) is 5.17. The molecule has 2 heterocycles. The average molecular weight is 478 g/mol. The second-order valence-corrected chi connectivity index (χ2v) is 9.38. The minimum atomic E-state index is -4.67. The molecule has 0 unspecified atom stereocenters. The molecule has 0 aliphatic carbocycles. The highest BCUT2D eigenvalue weighted by atomic mass is 35.5. The van der Waals surface area contributed by atoms with Crippen molar-refractivity contribution in [1.29, 1.82) is 0 Å². The second-order valence-electron chi connectivity index (χ2n) is 7.04. The van der Waals surface area contributed by atoms with Crippen molar-refractivity contribution in [3.8, 4) is 0 Å². The van der Waals surface area contributed by atoms with Crippen LogP contribution in [0.25, 0.3) is 0 Å². The van der Waals surface area contributed by atoms with E-state index in [0.717, 1.165) is 25.3 Å². The van der Waals surface area contributed by atoms with Gasteiger partial charge in [-0.1, -0.05) is 18.0 Å². The van der Waals surface area contributed by atoms with Crippen molar-refractivity contribution >= 4 is 33.2 Å². The Bertz CT molecular complexity index is 1140. The first-order chi connectivity index (χ1) is 14.5. The number of carbonyl (C=O) groups excluding carboxylic acids is 1. The standard InChI is InChI=1S/C19H19ClF3N3O4S/c20-15-6-5-14(31(29,30)26-8-2-1-3-9-26)10-16(15)24-17(27)12-25-11-13(19(21,22)23)4-7-18(25)28/h4-7,10-11H,1-3,8-9,12H2,(H,24,27). The molecule has 1 aromatic carbocycles. The number of sulfonamides is 1. The lowest BCUT2D eigenvalue weighted by Gasteiger charge is -2.26. The molecule has 1 fully saturated rings. The minimum absolute atomic E-state index is 0.0234. The zero-order valence-corrected chi connectivity index (χ0v) is 17.7. The molecule has 1 aliphatic heterocycles. The van der Waals surface area contributed by atoms with E-state index in [1.807, 2.05) is 0 Å². The van der Waals surface area contributed by atoms with Crippen LogP contribution in [-0.4, -0.2) is 36.3 Å². The number of nitrogens with zero attached hydrogens (tertiary/aromatic N) is 2. The smallest absolute Gasteiger partial charge is 0.323 e.